The van der Waals surface area contributed by atoms with Gasteiger partial charge in [0.1, 0.15) is 11.6 Å². The quantitative estimate of drug-likeness (QED) is 0.679. The molecule has 5 nitrogen and oxygen atoms in total. The van der Waals surface area contributed by atoms with Crippen LogP contribution in [0.1, 0.15) is 22.8 Å². The Morgan fingerprint density at radius 1 is 1.04 bits per heavy atom. The van der Waals surface area contributed by atoms with E-state index in [9.17, 15) is 4.79 Å². The summed E-state index contributed by atoms with van der Waals surface area (Å²) in [5.41, 5.74) is 2.35. The highest BCUT2D eigenvalue weighted by Crippen LogP contribution is 2.24. The van der Waals surface area contributed by atoms with Crippen LogP contribution >= 0.6 is 0 Å². The van der Waals surface area contributed by atoms with Crippen molar-refractivity contribution in [3.8, 4) is 5.75 Å². The summed E-state index contributed by atoms with van der Waals surface area (Å²) in [6, 6.07) is 21.2. The van der Waals surface area contributed by atoms with Crippen molar-refractivity contribution >= 4 is 17.4 Å². The molecule has 0 fully saturated rings. The van der Waals surface area contributed by atoms with E-state index in [0.717, 1.165) is 18.9 Å². The SMILES string of the molecule is CCN(Cc1ccccc1)c1ccc(C(=O)Nc2ccccc2OC)cn1. The second kappa shape index (κ2) is 8.85. The molecule has 0 spiro atoms. The van der Waals surface area contributed by atoms with Gasteiger partial charge in [-0.3, -0.25) is 4.79 Å². The van der Waals surface area contributed by atoms with Crippen LogP contribution in [0.3, 0.4) is 0 Å². The highest BCUT2D eigenvalue weighted by Gasteiger charge is 2.12. The summed E-state index contributed by atoms with van der Waals surface area (Å²) in [5, 5.41) is 2.86. The monoisotopic (exact) mass is 361 g/mol. The summed E-state index contributed by atoms with van der Waals surface area (Å²) in [6.45, 7) is 3.69. The molecule has 0 saturated carbocycles. The molecule has 1 heterocycles. The number of aromatic nitrogens is 1. The molecule has 0 bridgehead atoms. The summed E-state index contributed by atoms with van der Waals surface area (Å²) >= 11 is 0. The molecule has 27 heavy (non-hydrogen) atoms. The Balaban J connectivity index is 1.71. The Labute approximate surface area is 159 Å². The third kappa shape index (κ3) is 4.64. The molecule has 0 aliphatic carbocycles. The number of para-hydroxylation sites is 2. The third-order valence-corrected chi connectivity index (χ3v) is 4.29. The van der Waals surface area contributed by atoms with E-state index in [0.29, 0.717) is 17.0 Å². The first-order valence-corrected chi connectivity index (χ1v) is 8.90. The van der Waals surface area contributed by atoms with Crippen LogP contribution in [-0.4, -0.2) is 24.5 Å². The number of carbonyl (C=O) groups is 1. The number of rotatable bonds is 7. The number of carbonyl (C=O) groups excluding carboxylic acids is 1. The Hall–Kier alpha value is -3.34. The van der Waals surface area contributed by atoms with Crippen LogP contribution in [0.4, 0.5) is 11.5 Å². The van der Waals surface area contributed by atoms with Gasteiger partial charge in [-0.15, -0.1) is 0 Å². The lowest BCUT2D eigenvalue weighted by atomic mass is 10.2. The number of nitrogens with one attached hydrogen (secondary N) is 1. The van der Waals surface area contributed by atoms with Gasteiger partial charge in [0.15, 0.2) is 0 Å². The van der Waals surface area contributed by atoms with Crippen molar-refractivity contribution in [1.82, 2.24) is 4.98 Å². The van der Waals surface area contributed by atoms with Gasteiger partial charge >= 0.3 is 0 Å². The van der Waals surface area contributed by atoms with E-state index >= 15 is 0 Å². The number of pyridine rings is 1. The molecule has 1 amide bonds. The van der Waals surface area contributed by atoms with Crippen LogP contribution in [0.5, 0.6) is 5.75 Å². The largest absolute Gasteiger partial charge is 0.495 e. The van der Waals surface area contributed by atoms with Gasteiger partial charge in [0.25, 0.3) is 5.91 Å². The minimum atomic E-state index is -0.218. The van der Waals surface area contributed by atoms with Crippen LogP contribution in [-0.2, 0) is 6.54 Å². The number of nitrogens with zero attached hydrogens (tertiary/aromatic N) is 2. The average Bonchev–Trinajstić information content (AvgIpc) is 2.73. The maximum absolute atomic E-state index is 12.5. The number of anilines is 2. The summed E-state index contributed by atoms with van der Waals surface area (Å²) in [4.78, 5) is 19.2. The van der Waals surface area contributed by atoms with Gasteiger partial charge in [-0.25, -0.2) is 4.98 Å². The van der Waals surface area contributed by atoms with Gasteiger partial charge in [-0.1, -0.05) is 42.5 Å². The Morgan fingerprint density at radius 3 is 2.44 bits per heavy atom. The molecule has 0 saturated heterocycles. The van der Waals surface area contributed by atoms with Gasteiger partial charge in [-0.05, 0) is 36.8 Å². The molecule has 3 rings (SSSR count). The van der Waals surface area contributed by atoms with Crippen LogP contribution in [0.25, 0.3) is 0 Å². The third-order valence-electron chi connectivity index (χ3n) is 4.29. The summed E-state index contributed by atoms with van der Waals surface area (Å²) in [7, 11) is 1.58. The van der Waals surface area contributed by atoms with Crippen molar-refractivity contribution in [3.05, 3.63) is 84.1 Å². The number of ether oxygens (including phenoxy) is 1. The molecule has 1 aromatic heterocycles. The maximum Gasteiger partial charge on any atom is 0.257 e. The van der Waals surface area contributed by atoms with Crippen molar-refractivity contribution in [2.45, 2.75) is 13.5 Å². The van der Waals surface area contributed by atoms with Crippen molar-refractivity contribution < 1.29 is 9.53 Å². The Morgan fingerprint density at radius 2 is 1.78 bits per heavy atom. The molecule has 138 valence electrons. The lowest BCUT2D eigenvalue weighted by Crippen LogP contribution is -2.23. The lowest BCUT2D eigenvalue weighted by molar-refractivity contribution is 0.102. The van der Waals surface area contributed by atoms with Crippen molar-refractivity contribution in [2.75, 3.05) is 23.9 Å². The van der Waals surface area contributed by atoms with Gasteiger partial charge < -0.3 is 15.0 Å². The summed E-state index contributed by atoms with van der Waals surface area (Å²) in [6.07, 6.45) is 1.60. The van der Waals surface area contributed by atoms with E-state index in [4.69, 9.17) is 4.74 Å². The van der Waals surface area contributed by atoms with Crippen molar-refractivity contribution in [1.29, 1.82) is 0 Å². The van der Waals surface area contributed by atoms with Crippen molar-refractivity contribution in [2.24, 2.45) is 0 Å². The van der Waals surface area contributed by atoms with E-state index in [1.54, 1.807) is 31.5 Å². The Kier molecular flexibility index (Phi) is 6.05. The maximum atomic E-state index is 12.5. The second-order valence-electron chi connectivity index (χ2n) is 6.06. The Bertz CT molecular complexity index is 880. The average molecular weight is 361 g/mol. The fraction of sp³-hybridized carbons (Fsp3) is 0.182. The first kappa shape index (κ1) is 18.5. The standard InChI is InChI=1S/C22H23N3O2/c1-3-25(16-17-9-5-4-6-10-17)21-14-13-18(15-23-21)22(26)24-19-11-7-8-12-20(19)27-2/h4-15H,3,16H2,1-2H3,(H,24,26). The minimum Gasteiger partial charge on any atom is -0.495 e. The molecule has 2 aromatic carbocycles. The van der Waals surface area contributed by atoms with Crippen LogP contribution in [0.2, 0.25) is 0 Å². The predicted octanol–water partition coefficient (Wildman–Crippen LogP) is 4.37. The van der Waals surface area contributed by atoms with Gasteiger partial charge in [0.05, 0.1) is 18.4 Å². The molecule has 0 atom stereocenters. The van der Waals surface area contributed by atoms with Crippen LogP contribution in [0, 0.1) is 0 Å². The molecule has 3 aromatic rings. The van der Waals surface area contributed by atoms with E-state index in [1.165, 1.54) is 5.56 Å². The number of amides is 1. The zero-order valence-electron chi connectivity index (χ0n) is 15.6. The minimum absolute atomic E-state index is 0.218. The molecule has 0 aliphatic heterocycles. The highest BCUT2D eigenvalue weighted by atomic mass is 16.5. The summed E-state index contributed by atoms with van der Waals surface area (Å²) in [5.74, 6) is 1.25. The van der Waals surface area contributed by atoms with E-state index in [-0.39, 0.29) is 5.91 Å². The van der Waals surface area contributed by atoms with Crippen molar-refractivity contribution in [3.63, 3.8) is 0 Å². The number of methoxy groups -OCH3 is 1. The smallest absolute Gasteiger partial charge is 0.257 e. The molecular weight excluding hydrogens is 338 g/mol. The molecular formula is C22H23N3O2. The van der Waals surface area contributed by atoms with E-state index in [2.05, 4.69) is 34.3 Å². The second-order valence-corrected chi connectivity index (χ2v) is 6.06. The van der Waals surface area contributed by atoms with Gasteiger partial charge in [0.2, 0.25) is 0 Å². The first-order valence-electron chi connectivity index (χ1n) is 8.90. The fourth-order valence-electron chi connectivity index (χ4n) is 2.81. The molecule has 1 N–H and O–H groups in total. The first-order chi connectivity index (χ1) is 13.2. The molecule has 0 radical (unpaired) electrons. The summed E-state index contributed by atoms with van der Waals surface area (Å²) < 4.78 is 5.27. The van der Waals surface area contributed by atoms with Crippen LogP contribution < -0.4 is 15.0 Å². The van der Waals surface area contributed by atoms with Gasteiger partial charge in [0, 0.05) is 19.3 Å². The predicted molar refractivity (Wildman–Crippen MR) is 108 cm³/mol. The number of benzene rings is 2. The topological polar surface area (TPSA) is 54.5 Å². The van der Waals surface area contributed by atoms with E-state index < -0.39 is 0 Å². The van der Waals surface area contributed by atoms with Gasteiger partial charge in [-0.2, -0.15) is 0 Å². The molecule has 5 heteroatoms. The zero-order chi connectivity index (χ0) is 19.1. The number of hydrogen-bond donors (Lipinski definition) is 1. The normalized spacial score (nSPS) is 10.3. The fourth-order valence-corrected chi connectivity index (χ4v) is 2.81. The molecule has 0 unspecified atom stereocenters. The lowest BCUT2D eigenvalue weighted by Gasteiger charge is -2.22. The molecule has 0 aliphatic rings. The zero-order valence-corrected chi connectivity index (χ0v) is 15.6. The van der Waals surface area contributed by atoms with Crippen LogP contribution in [0.15, 0.2) is 72.9 Å². The number of hydrogen-bond acceptors (Lipinski definition) is 4. The highest BCUT2D eigenvalue weighted by molar-refractivity contribution is 6.04. The van der Waals surface area contributed by atoms with E-state index in [1.807, 2.05) is 36.4 Å².